The van der Waals surface area contributed by atoms with Crippen LogP contribution in [0.5, 0.6) is 5.75 Å². The summed E-state index contributed by atoms with van der Waals surface area (Å²) in [6.07, 6.45) is 12.8. The second kappa shape index (κ2) is 12.6. The molecule has 1 aromatic rings. The van der Waals surface area contributed by atoms with Crippen molar-refractivity contribution < 1.29 is 14.6 Å². The number of carbonyl (C=O) groups is 1. The van der Waals surface area contributed by atoms with E-state index in [0.717, 1.165) is 12.2 Å². The number of ether oxygens (including phenoxy) is 1. The minimum Gasteiger partial charge on any atom is -0.493 e. The lowest BCUT2D eigenvalue weighted by Gasteiger charge is -2.06. The third-order valence-corrected chi connectivity index (χ3v) is 4.17. The summed E-state index contributed by atoms with van der Waals surface area (Å²) in [7, 11) is 0. The van der Waals surface area contributed by atoms with E-state index in [1.165, 1.54) is 50.5 Å². The van der Waals surface area contributed by atoms with Crippen LogP contribution >= 0.6 is 0 Å². The van der Waals surface area contributed by atoms with E-state index >= 15 is 0 Å². The number of benzene rings is 1. The molecule has 0 spiro atoms. The fourth-order valence-corrected chi connectivity index (χ4v) is 2.58. The Hall–Kier alpha value is -1.77. The maximum Gasteiger partial charge on any atom is 0.330 e. The zero-order valence-electron chi connectivity index (χ0n) is 15.2. The van der Waals surface area contributed by atoms with Crippen molar-refractivity contribution in [1.29, 1.82) is 0 Å². The molecule has 0 aliphatic rings. The van der Waals surface area contributed by atoms with Gasteiger partial charge in [-0.2, -0.15) is 0 Å². The Morgan fingerprint density at radius 1 is 1.04 bits per heavy atom. The molecule has 0 fully saturated rings. The average molecular weight is 332 g/mol. The molecule has 24 heavy (non-hydrogen) atoms. The fourth-order valence-electron chi connectivity index (χ4n) is 2.58. The Morgan fingerprint density at radius 3 is 2.29 bits per heavy atom. The van der Waals surface area contributed by atoms with Crippen LogP contribution in [0.3, 0.4) is 0 Å². The van der Waals surface area contributed by atoms with Gasteiger partial charge in [0, 0.05) is 12.0 Å². The molecule has 0 saturated heterocycles. The lowest BCUT2D eigenvalue weighted by molar-refractivity contribution is -0.132. The van der Waals surface area contributed by atoms with Crippen molar-refractivity contribution in [2.45, 2.75) is 71.6 Å². The van der Waals surface area contributed by atoms with Gasteiger partial charge in [-0.05, 0) is 37.5 Å². The van der Waals surface area contributed by atoms with Crippen molar-refractivity contribution in [3.05, 3.63) is 41.5 Å². The lowest BCUT2D eigenvalue weighted by atomic mass is 10.0. The van der Waals surface area contributed by atoms with Gasteiger partial charge < -0.3 is 9.84 Å². The topological polar surface area (TPSA) is 46.5 Å². The van der Waals surface area contributed by atoms with Gasteiger partial charge in [0.1, 0.15) is 5.75 Å². The van der Waals surface area contributed by atoms with Gasteiger partial charge in [0.15, 0.2) is 0 Å². The molecule has 3 heteroatoms. The molecule has 134 valence electrons. The lowest BCUT2D eigenvalue weighted by Crippen LogP contribution is -1.99. The van der Waals surface area contributed by atoms with Crippen LogP contribution in [0.1, 0.15) is 70.8 Å². The van der Waals surface area contributed by atoms with Gasteiger partial charge in [0.25, 0.3) is 0 Å². The summed E-state index contributed by atoms with van der Waals surface area (Å²) < 4.78 is 5.63. The monoisotopic (exact) mass is 332 g/mol. The van der Waals surface area contributed by atoms with Crippen molar-refractivity contribution in [1.82, 2.24) is 0 Å². The summed E-state index contributed by atoms with van der Waals surface area (Å²) >= 11 is 0. The molecule has 1 N–H and O–H groups in total. The first-order chi connectivity index (χ1) is 11.6. The molecular formula is C21H32O3. The smallest absolute Gasteiger partial charge is 0.330 e. The van der Waals surface area contributed by atoms with Gasteiger partial charge in [0.2, 0.25) is 0 Å². The molecule has 0 aliphatic heterocycles. The SMILES string of the molecule is CCCCCCCCCc1ccc(OCCC=C(C)C(=O)O)cc1. The van der Waals surface area contributed by atoms with E-state index in [0.29, 0.717) is 18.6 Å². The molecule has 0 bridgehead atoms. The molecule has 0 amide bonds. The van der Waals surface area contributed by atoms with Gasteiger partial charge in [-0.3, -0.25) is 0 Å². The van der Waals surface area contributed by atoms with Gasteiger partial charge in [-0.15, -0.1) is 0 Å². The van der Waals surface area contributed by atoms with E-state index in [1.807, 2.05) is 12.1 Å². The van der Waals surface area contributed by atoms with Crippen molar-refractivity contribution in [2.24, 2.45) is 0 Å². The first-order valence-corrected chi connectivity index (χ1v) is 9.25. The number of aliphatic carboxylic acids is 1. The summed E-state index contributed by atoms with van der Waals surface area (Å²) in [4.78, 5) is 10.7. The Morgan fingerprint density at radius 2 is 1.67 bits per heavy atom. The maximum atomic E-state index is 10.7. The van der Waals surface area contributed by atoms with Crippen molar-refractivity contribution in [2.75, 3.05) is 6.61 Å². The van der Waals surface area contributed by atoms with Crippen molar-refractivity contribution in [3.8, 4) is 5.75 Å². The van der Waals surface area contributed by atoms with Crippen LogP contribution in [-0.4, -0.2) is 17.7 Å². The van der Waals surface area contributed by atoms with Gasteiger partial charge in [0.05, 0.1) is 6.61 Å². The predicted molar refractivity (Wildman–Crippen MR) is 99.6 cm³/mol. The summed E-state index contributed by atoms with van der Waals surface area (Å²) in [5.74, 6) is -0.0237. The zero-order chi connectivity index (χ0) is 17.6. The normalized spacial score (nSPS) is 11.5. The number of unbranched alkanes of at least 4 members (excludes halogenated alkanes) is 6. The molecule has 3 nitrogen and oxygen atoms in total. The standard InChI is InChI=1S/C21H32O3/c1-3-4-5-6-7-8-9-12-19-13-15-20(16-14-19)24-17-10-11-18(2)21(22)23/h11,13-16H,3-10,12,17H2,1-2H3,(H,22,23). The summed E-state index contributed by atoms with van der Waals surface area (Å²) in [6.45, 7) is 4.35. The molecule has 0 atom stereocenters. The summed E-state index contributed by atoms with van der Waals surface area (Å²) in [5.41, 5.74) is 1.72. The molecule has 1 aromatic carbocycles. The maximum absolute atomic E-state index is 10.7. The highest BCUT2D eigenvalue weighted by Gasteiger charge is 1.99. The third kappa shape index (κ3) is 9.39. The Kier molecular flexibility index (Phi) is 10.7. The molecule has 1 rings (SSSR count). The van der Waals surface area contributed by atoms with E-state index in [2.05, 4.69) is 19.1 Å². The Bertz CT molecular complexity index is 488. The molecule has 0 aliphatic carbocycles. The average Bonchev–Trinajstić information content (AvgIpc) is 2.58. The quantitative estimate of drug-likeness (QED) is 0.368. The largest absolute Gasteiger partial charge is 0.493 e. The van der Waals surface area contributed by atoms with Gasteiger partial charge in [-0.1, -0.05) is 63.7 Å². The first-order valence-electron chi connectivity index (χ1n) is 9.25. The number of hydrogen-bond donors (Lipinski definition) is 1. The highest BCUT2D eigenvalue weighted by Crippen LogP contribution is 2.15. The summed E-state index contributed by atoms with van der Waals surface area (Å²) in [6, 6.07) is 8.27. The molecule has 0 heterocycles. The van der Waals surface area contributed by atoms with Crippen molar-refractivity contribution in [3.63, 3.8) is 0 Å². The van der Waals surface area contributed by atoms with Crippen LogP contribution < -0.4 is 4.74 Å². The molecule has 0 unspecified atom stereocenters. The second-order valence-electron chi connectivity index (χ2n) is 6.34. The van der Waals surface area contributed by atoms with Crippen molar-refractivity contribution >= 4 is 5.97 Å². The van der Waals surface area contributed by atoms with Crippen LogP contribution in [0, 0.1) is 0 Å². The predicted octanol–water partition coefficient (Wildman–Crippen LogP) is 5.78. The fraction of sp³-hybridized carbons (Fsp3) is 0.571. The minimum atomic E-state index is -0.871. The molecule has 0 aromatic heterocycles. The number of aryl methyl sites for hydroxylation is 1. The Balaban J connectivity index is 2.16. The van der Waals surface area contributed by atoms with Crippen LogP contribution in [-0.2, 0) is 11.2 Å². The summed E-state index contributed by atoms with van der Waals surface area (Å²) in [5, 5.41) is 8.76. The van der Waals surface area contributed by atoms with Crippen LogP contribution in [0.15, 0.2) is 35.9 Å². The van der Waals surface area contributed by atoms with E-state index in [-0.39, 0.29) is 0 Å². The van der Waals surface area contributed by atoms with Gasteiger partial charge in [-0.25, -0.2) is 4.79 Å². The number of rotatable bonds is 13. The van der Waals surface area contributed by atoms with E-state index in [9.17, 15) is 4.79 Å². The number of carboxylic acids is 1. The zero-order valence-corrected chi connectivity index (χ0v) is 15.2. The molecule has 0 saturated carbocycles. The molecule has 0 radical (unpaired) electrons. The van der Waals surface area contributed by atoms with Gasteiger partial charge >= 0.3 is 5.97 Å². The minimum absolute atomic E-state index is 0.364. The highest BCUT2D eigenvalue weighted by atomic mass is 16.5. The second-order valence-corrected chi connectivity index (χ2v) is 6.34. The van der Waals surface area contributed by atoms with E-state index in [4.69, 9.17) is 9.84 Å². The van der Waals surface area contributed by atoms with Crippen LogP contribution in [0.2, 0.25) is 0 Å². The van der Waals surface area contributed by atoms with E-state index < -0.39 is 5.97 Å². The molecular weight excluding hydrogens is 300 g/mol. The first kappa shape index (κ1) is 20.3. The number of hydrogen-bond acceptors (Lipinski definition) is 2. The van der Waals surface area contributed by atoms with Crippen LogP contribution in [0.25, 0.3) is 0 Å². The highest BCUT2D eigenvalue weighted by molar-refractivity contribution is 5.85. The Labute approximate surface area is 146 Å². The van der Waals surface area contributed by atoms with E-state index in [1.54, 1.807) is 13.0 Å². The van der Waals surface area contributed by atoms with Crippen LogP contribution in [0.4, 0.5) is 0 Å². The number of carboxylic acid groups (broad SMARTS) is 1. The third-order valence-electron chi connectivity index (χ3n) is 4.17.